The average molecular weight is 851 g/mol. The number of aromatic nitrogens is 2. The quantitative estimate of drug-likeness (QED) is 0.180. The molecule has 3 aromatic carbocycles. The van der Waals surface area contributed by atoms with Crippen molar-refractivity contribution in [2.45, 2.75) is 101 Å². The Hall–Kier alpha value is -4.68. The summed E-state index contributed by atoms with van der Waals surface area (Å²) in [7, 11) is 0. The number of benzene rings is 3. The van der Waals surface area contributed by atoms with E-state index in [1.54, 1.807) is 11.0 Å². The Kier molecular flexibility index (Phi) is 10.7. The van der Waals surface area contributed by atoms with Crippen molar-refractivity contribution in [1.82, 2.24) is 19.4 Å². The second kappa shape index (κ2) is 16.2. The number of fused-ring (bicyclic) bond motifs is 7. The summed E-state index contributed by atoms with van der Waals surface area (Å²) < 4.78 is 32.8. The predicted octanol–water partition coefficient (Wildman–Crippen LogP) is 8.26. The third kappa shape index (κ3) is 7.05. The molecule has 10 nitrogen and oxygen atoms in total. The highest BCUT2D eigenvalue weighted by Crippen LogP contribution is 2.52. The van der Waals surface area contributed by atoms with E-state index >= 15 is 8.78 Å². The number of carbonyl (C=O) groups excluding carboxylic acids is 3. The van der Waals surface area contributed by atoms with Crippen LogP contribution in [0.1, 0.15) is 113 Å². The highest BCUT2D eigenvalue weighted by atomic mass is 35.5. The number of anilines is 2. The fraction of sp³-hybridized carbons (Fsp3) is 0.521. The van der Waals surface area contributed by atoms with Crippen molar-refractivity contribution >= 4 is 51.6 Å². The number of rotatable bonds is 6. The number of carbonyl (C=O) groups is 3. The Morgan fingerprint density at radius 1 is 0.754 bits per heavy atom. The van der Waals surface area contributed by atoms with Gasteiger partial charge in [-0.1, -0.05) is 49.1 Å². The smallest absolute Gasteiger partial charge is 0.282 e. The number of imide groups is 1. The van der Waals surface area contributed by atoms with Gasteiger partial charge in [-0.05, 0) is 124 Å². The van der Waals surface area contributed by atoms with Gasteiger partial charge in [0.05, 0.1) is 38.4 Å². The van der Waals surface area contributed by atoms with Gasteiger partial charge in [-0.2, -0.15) is 4.98 Å². The zero-order valence-corrected chi connectivity index (χ0v) is 35.4. The van der Waals surface area contributed by atoms with Crippen LogP contribution >= 0.6 is 11.6 Å². The Morgan fingerprint density at radius 2 is 1.44 bits per heavy atom. The molecule has 2 aliphatic carbocycles. The molecule has 61 heavy (non-hydrogen) atoms. The molecule has 4 aromatic rings. The van der Waals surface area contributed by atoms with E-state index in [1.807, 2.05) is 17.0 Å². The lowest BCUT2D eigenvalue weighted by Gasteiger charge is -2.40. The van der Waals surface area contributed by atoms with E-state index in [1.165, 1.54) is 29.7 Å². The van der Waals surface area contributed by atoms with Gasteiger partial charge in [-0.3, -0.25) is 23.7 Å². The molecule has 6 aliphatic rings. The number of piperazine rings is 1. The molecular formula is C48H53ClF2N6O4. The Bertz CT molecular complexity index is 2450. The molecule has 1 spiro atoms. The number of hydrogen-bond acceptors (Lipinski definition) is 7. The van der Waals surface area contributed by atoms with Crippen LogP contribution in [0.15, 0.2) is 53.3 Å². The van der Waals surface area contributed by atoms with Gasteiger partial charge in [0.2, 0.25) is 17.7 Å². The molecular weight excluding hydrogens is 798 g/mol. The first-order chi connectivity index (χ1) is 29.6. The van der Waals surface area contributed by atoms with Crippen LogP contribution in [0.5, 0.6) is 0 Å². The van der Waals surface area contributed by atoms with Crippen molar-refractivity contribution in [3.8, 4) is 5.69 Å². The van der Waals surface area contributed by atoms with Crippen LogP contribution in [-0.4, -0.2) is 82.9 Å². The lowest BCUT2D eigenvalue weighted by molar-refractivity contribution is -0.137. The van der Waals surface area contributed by atoms with Gasteiger partial charge in [0.25, 0.3) is 5.56 Å². The molecule has 3 saturated heterocycles. The molecule has 3 amide bonds. The fourth-order valence-corrected chi connectivity index (χ4v) is 12.0. The first-order valence-electron chi connectivity index (χ1n) is 22.6. The molecule has 0 unspecified atom stereocenters. The van der Waals surface area contributed by atoms with Crippen molar-refractivity contribution in [3.05, 3.63) is 92.5 Å². The fourth-order valence-electron chi connectivity index (χ4n) is 11.8. The molecule has 5 fully saturated rings. The number of halogens is 3. The summed E-state index contributed by atoms with van der Waals surface area (Å²) in [6.07, 6.45) is 12.1. The summed E-state index contributed by atoms with van der Waals surface area (Å²) in [6, 6.07) is 15.5. The van der Waals surface area contributed by atoms with E-state index in [0.717, 1.165) is 106 Å². The van der Waals surface area contributed by atoms with Crippen molar-refractivity contribution in [1.29, 1.82) is 0 Å². The maximum atomic E-state index is 15.3. The minimum Gasteiger partial charge on any atom is -0.366 e. The minimum absolute atomic E-state index is 0.0132. The summed E-state index contributed by atoms with van der Waals surface area (Å²) in [5, 5.41) is 0.939. The second-order valence-electron chi connectivity index (χ2n) is 18.4. The van der Waals surface area contributed by atoms with Crippen LogP contribution in [0.2, 0.25) is 5.02 Å². The predicted molar refractivity (Wildman–Crippen MR) is 232 cm³/mol. The van der Waals surface area contributed by atoms with Gasteiger partial charge < -0.3 is 14.7 Å². The summed E-state index contributed by atoms with van der Waals surface area (Å²) >= 11 is 6.60. The van der Waals surface area contributed by atoms with Gasteiger partial charge in [-0.15, -0.1) is 0 Å². The second-order valence-corrected chi connectivity index (χ2v) is 18.8. The van der Waals surface area contributed by atoms with E-state index in [9.17, 15) is 19.2 Å². The molecule has 1 aromatic heterocycles. The molecule has 10 rings (SSSR count). The lowest BCUT2D eigenvalue weighted by Crippen LogP contribution is -2.51. The average Bonchev–Trinajstić information content (AvgIpc) is 3.53. The topological polar surface area (TPSA) is 99.1 Å². The largest absolute Gasteiger partial charge is 0.366 e. The number of nitrogens with zero attached hydrogens (tertiary/aromatic N) is 6. The molecule has 2 saturated carbocycles. The summed E-state index contributed by atoms with van der Waals surface area (Å²) in [5.41, 5.74) is 3.93. The Balaban J connectivity index is 0.729. The molecule has 4 aliphatic heterocycles. The molecule has 0 N–H and O–H groups in total. The zero-order valence-electron chi connectivity index (χ0n) is 34.7. The van der Waals surface area contributed by atoms with Crippen LogP contribution < -0.4 is 15.4 Å². The maximum absolute atomic E-state index is 15.3. The van der Waals surface area contributed by atoms with Crippen molar-refractivity contribution in [2.75, 3.05) is 55.6 Å². The molecule has 320 valence electrons. The highest BCUT2D eigenvalue weighted by molar-refractivity contribution is 6.35. The Labute approximate surface area is 359 Å². The number of piperidine rings is 2. The molecule has 0 atom stereocenters. The van der Waals surface area contributed by atoms with Gasteiger partial charge >= 0.3 is 0 Å². The van der Waals surface area contributed by atoms with E-state index < -0.39 is 23.4 Å². The standard InChI is InChI=1S/C48H53ClF2N6O4/c49-35-6-4-7-36-42(35)45(60)52-47-48(20-2-1-3-21-48)34-15-14-33(28-39(34)56(36)47)31-18-22-53(23-19-31)29-30-10-12-32(13-11-30)46(61)55-26-24-54(25-27-55)37-16-17-38(44(51)43(37)50)57-40(58)8-5-9-41(57)59/h4,6-7,14-17,28,30-32H,1-3,5,8-13,18-27,29H2. The van der Waals surface area contributed by atoms with Gasteiger partial charge in [-0.25, -0.2) is 13.7 Å². The van der Waals surface area contributed by atoms with Gasteiger partial charge in [0.1, 0.15) is 5.82 Å². The minimum atomic E-state index is -1.20. The SMILES string of the molecule is O=C(C1CCC(CN2CCC(c3ccc4c(c3)-n3c(nc(=O)c5c(Cl)cccc53)C43CCCCC3)CC2)CC1)N1CCN(c2ccc(N3C(=O)CCCC3=O)c(F)c2F)CC1. The molecule has 13 heteroatoms. The third-order valence-corrected chi connectivity index (χ3v) is 15.4. The Morgan fingerprint density at radius 3 is 2.16 bits per heavy atom. The first-order valence-corrected chi connectivity index (χ1v) is 23.0. The summed E-state index contributed by atoms with van der Waals surface area (Å²) in [6.45, 7) is 4.74. The maximum Gasteiger partial charge on any atom is 0.282 e. The van der Waals surface area contributed by atoms with Crippen molar-refractivity contribution in [3.63, 3.8) is 0 Å². The van der Waals surface area contributed by atoms with E-state index in [-0.39, 0.29) is 47.0 Å². The number of likely N-dealkylation sites (tertiary alicyclic amines) is 1. The third-order valence-electron chi connectivity index (χ3n) is 15.0. The van der Waals surface area contributed by atoms with Crippen LogP contribution in [0.3, 0.4) is 0 Å². The van der Waals surface area contributed by atoms with Gasteiger partial charge in [0.15, 0.2) is 11.6 Å². The molecule has 0 bridgehead atoms. The highest BCUT2D eigenvalue weighted by Gasteiger charge is 2.47. The summed E-state index contributed by atoms with van der Waals surface area (Å²) in [4.78, 5) is 63.5. The first kappa shape index (κ1) is 40.4. The normalized spacial score (nSPS) is 23.5. The lowest BCUT2D eigenvalue weighted by atomic mass is 9.69. The number of amides is 3. The van der Waals surface area contributed by atoms with Crippen molar-refractivity contribution in [2.24, 2.45) is 11.8 Å². The van der Waals surface area contributed by atoms with E-state index in [0.29, 0.717) is 54.8 Å². The van der Waals surface area contributed by atoms with Crippen LogP contribution in [-0.2, 0) is 19.8 Å². The number of hydrogen-bond donors (Lipinski definition) is 0. The van der Waals surface area contributed by atoms with E-state index in [4.69, 9.17) is 16.6 Å². The zero-order chi connectivity index (χ0) is 42.0. The van der Waals surface area contributed by atoms with Crippen LogP contribution in [0.25, 0.3) is 16.6 Å². The molecule has 5 heterocycles. The van der Waals surface area contributed by atoms with Crippen LogP contribution in [0.4, 0.5) is 20.2 Å². The molecule has 0 radical (unpaired) electrons. The monoisotopic (exact) mass is 850 g/mol. The van der Waals surface area contributed by atoms with Crippen LogP contribution in [0, 0.1) is 23.5 Å². The summed E-state index contributed by atoms with van der Waals surface area (Å²) in [5.74, 6) is -1.27. The van der Waals surface area contributed by atoms with Crippen molar-refractivity contribution < 1.29 is 23.2 Å². The van der Waals surface area contributed by atoms with E-state index in [2.05, 4.69) is 27.7 Å². The van der Waals surface area contributed by atoms with Gasteiger partial charge in [0, 0.05) is 51.5 Å².